The first-order valence-electron chi connectivity index (χ1n) is 8.27. The number of aromatic nitrogens is 1. The van der Waals surface area contributed by atoms with Gasteiger partial charge in [-0.25, -0.2) is 0 Å². The highest BCUT2D eigenvalue weighted by atomic mass is 16.5. The second-order valence-corrected chi connectivity index (χ2v) is 6.15. The van der Waals surface area contributed by atoms with Crippen molar-refractivity contribution in [2.24, 2.45) is 5.92 Å². The van der Waals surface area contributed by atoms with E-state index in [2.05, 4.69) is 9.88 Å². The van der Waals surface area contributed by atoms with E-state index in [0.29, 0.717) is 45.1 Å². The van der Waals surface area contributed by atoms with Gasteiger partial charge in [0.2, 0.25) is 5.91 Å². The number of piperidine rings is 1. The maximum absolute atomic E-state index is 12.5. The molecule has 2 aliphatic heterocycles. The van der Waals surface area contributed by atoms with E-state index in [1.807, 2.05) is 17.0 Å². The molecular formula is C17H23N3O3. The Morgan fingerprint density at radius 2 is 2.04 bits per heavy atom. The molecule has 1 aromatic rings. The van der Waals surface area contributed by atoms with Gasteiger partial charge in [0, 0.05) is 31.7 Å². The van der Waals surface area contributed by atoms with Crippen LogP contribution in [0, 0.1) is 5.92 Å². The lowest BCUT2D eigenvalue weighted by atomic mass is 9.92. The van der Waals surface area contributed by atoms with Gasteiger partial charge < -0.3 is 9.64 Å². The van der Waals surface area contributed by atoms with Crippen molar-refractivity contribution in [1.82, 2.24) is 14.8 Å². The molecular weight excluding hydrogens is 294 g/mol. The lowest BCUT2D eigenvalue weighted by Gasteiger charge is -2.34. The third kappa shape index (κ3) is 4.14. The van der Waals surface area contributed by atoms with Crippen molar-refractivity contribution in [2.45, 2.75) is 12.8 Å². The summed E-state index contributed by atoms with van der Waals surface area (Å²) in [7, 11) is 0. The van der Waals surface area contributed by atoms with Gasteiger partial charge in [-0.05, 0) is 31.5 Å². The zero-order valence-corrected chi connectivity index (χ0v) is 13.3. The molecule has 6 nitrogen and oxygen atoms in total. The molecule has 2 fully saturated rings. The Morgan fingerprint density at radius 3 is 2.78 bits per heavy atom. The average Bonchev–Trinajstić information content (AvgIpc) is 2.63. The van der Waals surface area contributed by atoms with Gasteiger partial charge in [-0.1, -0.05) is 6.07 Å². The number of nitrogens with zero attached hydrogens (tertiary/aromatic N) is 3. The van der Waals surface area contributed by atoms with Crippen LogP contribution in [-0.2, 0) is 9.53 Å². The molecule has 2 aliphatic rings. The number of ether oxygens (including phenoxy) is 1. The fourth-order valence-corrected chi connectivity index (χ4v) is 3.23. The lowest BCUT2D eigenvalue weighted by molar-refractivity contribution is -0.136. The van der Waals surface area contributed by atoms with Crippen molar-refractivity contribution >= 4 is 11.7 Å². The van der Waals surface area contributed by atoms with Crippen molar-refractivity contribution in [1.29, 1.82) is 0 Å². The summed E-state index contributed by atoms with van der Waals surface area (Å²) in [5.41, 5.74) is 0.527. The van der Waals surface area contributed by atoms with Crippen molar-refractivity contribution in [2.75, 3.05) is 45.9 Å². The summed E-state index contributed by atoms with van der Waals surface area (Å²) in [4.78, 5) is 33.0. The van der Waals surface area contributed by atoms with E-state index in [4.69, 9.17) is 4.74 Å². The van der Waals surface area contributed by atoms with Crippen molar-refractivity contribution in [3.63, 3.8) is 0 Å². The summed E-state index contributed by atoms with van der Waals surface area (Å²) in [6.07, 6.45) is 3.47. The number of amides is 1. The minimum absolute atomic E-state index is 0.0591. The predicted molar refractivity (Wildman–Crippen MR) is 85.1 cm³/mol. The average molecular weight is 317 g/mol. The van der Waals surface area contributed by atoms with Crippen LogP contribution in [-0.4, -0.2) is 72.4 Å². The second kappa shape index (κ2) is 7.66. The van der Waals surface area contributed by atoms with Crippen LogP contribution >= 0.6 is 0 Å². The summed E-state index contributed by atoms with van der Waals surface area (Å²) in [6, 6.07) is 5.41. The first kappa shape index (κ1) is 16.1. The molecule has 1 aromatic heterocycles. The van der Waals surface area contributed by atoms with E-state index in [-0.39, 0.29) is 17.6 Å². The van der Waals surface area contributed by atoms with Crippen LogP contribution in [0.5, 0.6) is 0 Å². The third-order valence-corrected chi connectivity index (χ3v) is 4.52. The highest BCUT2D eigenvalue weighted by Crippen LogP contribution is 2.20. The van der Waals surface area contributed by atoms with Gasteiger partial charge in [0.1, 0.15) is 5.69 Å². The Labute approximate surface area is 136 Å². The summed E-state index contributed by atoms with van der Waals surface area (Å²) >= 11 is 0. The summed E-state index contributed by atoms with van der Waals surface area (Å²) in [6.45, 7) is 4.49. The van der Waals surface area contributed by atoms with Gasteiger partial charge in [0.05, 0.1) is 19.8 Å². The van der Waals surface area contributed by atoms with Crippen LogP contribution in [0.4, 0.5) is 0 Å². The molecule has 3 rings (SSSR count). The van der Waals surface area contributed by atoms with Crippen LogP contribution in [0.1, 0.15) is 23.3 Å². The molecule has 0 spiro atoms. The fraction of sp³-hybridized carbons (Fsp3) is 0.588. The number of rotatable bonds is 4. The highest BCUT2D eigenvalue weighted by molar-refractivity contribution is 5.96. The van der Waals surface area contributed by atoms with Crippen LogP contribution in [0.2, 0.25) is 0 Å². The number of Topliss-reactive ketones (excluding diaryl/α,β-unsaturated/α-hetero) is 1. The van der Waals surface area contributed by atoms with Crippen LogP contribution in [0.3, 0.4) is 0 Å². The van der Waals surface area contributed by atoms with Crippen LogP contribution in [0.25, 0.3) is 0 Å². The Balaban J connectivity index is 1.55. The standard InChI is InChI=1S/C17H23N3O3/c21-16(20-8-10-23-11-9-20)13-19-7-3-4-14(12-19)17(22)15-5-1-2-6-18-15/h1-2,5-6,14H,3-4,7-13H2/t14-/m1/s1. The molecule has 0 aromatic carbocycles. The van der Waals surface area contributed by atoms with E-state index in [1.165, 1.54) is 0 Å². The minimum Gasteiger partial charge on any atom is -0.378 e. The molecule has 124 valence electrons. The molecule has 2 saturated heterocycles. The number of morpholine rings is 1. The third-order valence-electron chi connectivity index (χ3n) is 4.52. The maximum Gasteiger partial charge on any atom is 0.236 e. The molecule has 0 saturated carbocycles. The van der Waals surface area contributed by atoms with Crippen LogP contribution in [0.15, 0.2) is 24.4 Å². The van der Waals surface area contributed by atoms with Gasteiger partial charge in [-0.2, -0.15) is 0 Å². The number of carbonyl (C=O) groups is 2. The zero-order valence-electron chi connectivity index (χ0n) is 13.3. The quantitative estimate of drug-likeness (QED) is 0.770. The molecule has 0 radical (unpaired) electrons. The maximum atomic E-state index is 12.5. The summed E-state index contributed by atoms with van der Waals surface area (Å²) in [5.74, 6) is 0.171. The molecule has 0 bridgehead atoms. The molecule has 23 heavy (non-hydrogen) atoms. The van der Waals surface area contributed by atoms with Gasteiger partial charge >= 0.3 is 0 Å². The minimum atomic E-state index is -0.0591. The summed E-state index contributed by atoms with van der Waals surface area (Å²) in [5, 5.41) is 0. The molecule has 0 unspecified atom stereocenters. The van der Waals surface area contributed by atoms with Gasteiger partial charge in [-0.3, -0.25) is 19.5 Å². The largest absolute Gasteiger partial charge is 0.378 e. The highest BCUT2D eigenvalue weighted by Gasteiger charge is 2.29. The Bertz CT molecular complexity index is 543. The SMILES string of the molecule is O=C(c1ccccn1)[C@@H]1CCCN(CC(=O)N2CCOCC2)C1. The second-order valence-electron chi connectivity index (χ2n) is 6.15. The topological polar surface area (TPSA) is 62.7 Å². The first-order chi connectivity index (χ1) is 11.2. The number of likely N-dealkylation sites (tertiary alicyclic amines) is 1. The van der Waals surface area contributed by atoms with Gasteiger partial charge in [-0.15, -0.1) is 0 Å². The number of ketones is 1. The fourth-order valence-electron chi connectivity index (χ4n) is 3.23. The molecule has 0 aliphatic carbocycles. The van der Waals surface area contributed by atoms with Crippen molar-refractivity contribution in [3.8, 4) is 0 Å². The Hall–Kier alpha value is -1.79. The van der Waals surface area contributed by atoms with Crippen molar-refractivity contribution < 1.29 is 14.3 Å². The van der Waals surface area contributed by atoms with Gasteiger partial charge in [0.15, 0.2) is 5.78 Å². The molecule has 3 heterocycles. The normalized spacial score (nSPS) is 22.8. The lowest BCUT2D eigenvalue weighted by Crippen LogP contribution is -2.48. The van der Waals surface area contributed by atoms with E-state index in [9.17, 15) is 9.59 Å². The molecule has 0 N–H and O–H groups in total. The molecule has 1 atom stereocenters. The molecule has 6 heteroatoms. The predicted octanol–water partition coefficient (Wildman–Crippen LogP) is 0.835. The molecule has 1 amide bonds. The van der Waals surface area contributed by atoms with E-state index in [0.717, 1.165) is 19.4 Å². The summed E-state index contributed by atoms with van der Waals surface area (Å²) < 4.78 is 5.28. The van der Waals surface area contributed by atoms with Crippen molar-refractivity contribution in [3.05, 3.63) is 30.1 Å². The number of hydrogen-bond acceptors (Lipinski definition) is 5. The smallest absolute Gasteiger partial charge is 0.236 e. The Kier molecular flexibility index (Phi) is 5.35. The number of hydrogen-bond donors (Lipinski definition) is 0. The van der Waals surface area contributed by atoms with E-state index in [1.54, 1.807) is 12.3 Å². The monoisotopic (exact) mass is 317 g/mol. The number of carbonyl (C=O) groups excluding carboxylic acids is 2. The van der Waals surface area contributed by atoms with E-state index >= 15 is 0 Å². The Morgan fingerprint density at radius 1 is 1.22 bits per heavy atom. The number of pyridine rings is 1. The van der Waals surface area contributed by atoms with Crippen LogP contribution < -0.4 is 0 Å². The first-order valence-corrected chi connectivity index (χ1v) is 8.27. The van der Waals surface area contributed by atoms with E-state index < -0.39 is 0 Å². The zero-order chi connectivity index (χ0) is 16.1. The van der Waals surface area contributed by atoms with Gasteiger partial charge in [0.25, 0.3) is 0 Å².